The normalized spacial score (nSPS) is 29.8. The summed E-state index contributed by atoms with van der Waals surface area (Å²) in [5, 5.41) is 11.8. The molecule has 0 unspecified atom stereocenters. The van der Waals surface area contributed by atoms with Gasteiger partial charge in [-0.3, -0.25) is 14.0 Å². The first kappa shape index (κ1) is 15.7. The molecule has 24 heavy (non-hydrogen) atoms. The minimum Gasteiger partial charge on any atom is -0.393 e. The number of aromatic nitrogens is 2. The lowest BCUT2D eigenvalue weighted by Gasteiger charge is -2.42. The molecule has 0 bridgehead atoms. The average molecular weight is 349 g/mol. The van der Waals surface area contributed by atoms with Crippen LogP contribution in [-0.2, 0) is 4.74 Å². The summed E-state index contributed by atoms with van der Waals surface area (Å²) < 4.78 is 7.15. The Balaban J connectivity index is 1.71. The van der Waals surface area contributed by atoms with Crippen molar-refractivity contribution in [3.05, 3.63) is 33.7 Å². The number of fused-ring (bicyclic) bond motifs is 2. The van der Waals surface area contributed by atoms with Crippen LogP contribution in [0.5, 0.6) is 0 Å². The highest BCUT2D eigenvalue weighted by Crippen LogP contribution is 2.42. The zero-order valence-corrected chi connectivity index (χ0v) is 14.2. The molecule has 1 saturated heterocycles. The standard InChI is InChI=1S/C16H19N3O4S/c1-23-16-3-2-10(20)8-12(16)18(5-4-16)13(21)11-9-17-15-19(14(11)22)6-7-24-15/h6-7,9-10,12,20H,2-5,8H2,1H3/t10-,12-,16+/m0/s1. The molecule has 2 aliphatic rings. The van der Waals surface area contributed by atoms with Gasteiger partial charge in [-0.15, -0.1) is 11.3 Å². The van der Waals surface area contributed by atoms with Crippen LogP contribution >= 0.6 is 11.3 Å². The van der Waals surface area contributed by atoms with Crippen LogP contribution in [0.4, 0.5) is 0 Å². The third-order valence-electron chi connectivity index (χ3n) is 5.40. The molecule has 1 saturated carbocycles. The molecule has 4 rings (SSSR count). The van der Waals surface area contributed by atoms with Crippen LogP contribution in [-0.4, -0.2) is 56.7 Å². The van der Waals surface area contributed by atoms with E-state index in [1.807, 2.05) is 0 Å². The molecule has 1 amide bonds. The van der Waals surface area contributed by atoms with E-state index in [1.165, 1.54) is 21.9 Å². The minimum atomic E-state index is -0.440. The van der Waals surface area contributed by atoms with Crippen LogP contribution in [0.1, 0.15) is 36.0 Å². The largest absolute Gasteiger partial charge is 0.393 e. The summed E-state index contributed by atoms with van der Waals surface area (Å²) in [6.45, 7) is 0.524. The molecule has 128 valence electrons. The smallest absolute Gasteiger partial charge is 0.271 e. The summed E-state index contributed by atoms with van der Waals surface area (Å²) in [4.78, 5) is 32.0. The molecular formula is C16H19N3O4S. The fourth-order valence-electron chi connectivity index (χ4n) is 4.05. The molecule has 1 aliphatic heterocycles. The van der Waals surface area contributed by atoms with Crippen molar-refractivity contribution in [1.82, 2.24) is 14.3 Å². The predicted molar refractivity (Wildman–Crippen MR) is 88.4 cm³/mol. The first-order valence-electron chi connectivity index (χ1n) is 8.05. The second-order valence-corrected chi connectivity index (χ2v) is 7.37. The fraction of sp³-hybridized carbons (Fsp3) is 0.562. The van der Waals surface area contributed by atoms with E-state index in [-0.39, 0.29) is 23.1 Å². The van der Waals surface area contributed by atoms with E-state index in [1.54, 1.807) is 23.6 Å². The van der Waals surface area contributed by atoms with Gasteiger partial charge in [0.1, 0.15) is 5.56 Å². The topological polar surface area (TPSA) is 84.1 Å². The molecule has 0 aromatic carbocycles. The molecule has 7 nitrogen and oxygen atoms in total. The van der Waals surface area contributed by atoms with Crippen LogP contribution in [0, 0.1) is 0 Å². The molecule has 0 spiro atoms. The number of methoxy groups -OCH3 is 1. The van der Waals surface area contributed by atoms with Crippen molar-refractivity contribution in [1.29, 1.82) is 0 Å². The average Bonchev–Trinajstić information content (AvgIpc) is 3.20. The van der Waals surface area contributed by atoms with Crippen LogP contribution < -0.4 is 5.56 Å². The maximum atomic E-state index is 13.0. The molecular weight excluding hydrogens is 330 g/mol. The number of aliphatic hydroxyl groups is 1. The molecule has 3 heterocycles. The number of nitrogens with zero attached hydrogens (tertiary/aromatic N) is 3. The van der Waals surface area contributed by atoms with Crippen molar-refractivity contribution >= 4 is 22.2 Å². The van der Waals surface area contributed by atoms with E-state index >= 15 is 0 Å². The summed E-state index contributed by atoms with van der Waals surface area (Å²) >= 11 is 1.35. The number of aliphatic hydroxyl groups excluding tert-OH is 1. The van der Waals surface area contributed by atoms with Gasteiger partial charge in [-0.2, -0.15) is 0 Å². The lowest BCUT2D eigenvalue weighted by Crippen LogP contribution is -2.53. The van der Waals surface area contributed by atoms with Gasteiger partial charge in [0, 0.05) is 31.4 Å². The number of ether oxygens (including phenoxy) is 1. The summed E-state index contributed by atoms with van der Waals surface area (Å²) in [5.74, 6) is -0.328. The van der Waals surface area contributed by atoms with Gasteiger partial charge in [0.2, 0.25) is 0 Å². The Morgan fingerprint density at radius 3 is 3.12 bits per heavy atom. The highest BCUT2D eigenvalue weighted by Gasteiger charge is 2.52. The first-order valence-corrected chi connectivity index (χ1v) is 8.93. The number of amides is 1. The Bertz CT molecular complexity index is 847. The minimum absolute atomic E-state index is 0.0675. The highest BCUT2D eigenvalue weighted by atomic mass is 32.1. The molecule has 2 aromatic rings. The predicted octanol–water partition coefficient (Wildman–Crippen LogP) is 0.901. The molecule has 2 fully saturated rings. The van der Waals surface area contributed by atoms with Gasteiger partial charge in [-0.1, -0.05) is 0 Å². The Labute approximate surface area is 142 Å². The zero-order chi connectivity index (χ0) is 16.9. The third-order valence-corrected chi connectivity index (χ3v) is 6.17. The Kier molecular flexibility index (Phi) is 3.70. The summed E-state index contributed by atoms with van der Waals surface area (Å²) in [5.41, 5.74) is -0.694. The maximum Gasteiger partial charge on any atom is 0.271 e. The van der Waals surface area contributed by atoms with Gasteiger partial charge in [-0.25, -0.2) is 4.98 Å². The van der Waals surface area contributed by atoms with E-state index in [0.29, 0.717) is 24.3 Å². The molecule has 0 radical (unpaired) electrons. The van der Waals surface area contributed by atoms with E-state index in [2.05, 4.69) is 4.98 Å². The number of hydrogen-bond acceptors (Lipinski definition) is 6. The van der Waals surface area contributed by atoms with Gasteiger partial charge in [0.05, 0.1) is 17.7 Å². The zero-order valence-electron chi connectivity index (χ0n) is 13.3. The Morgan fingerprint density at radius 1 is 1.50 bits per heavy atom. The Morgan fingerprint density at radius 2 is 2.33 bits per heavy atom. The van der Waals surface area contributed by atoms with Gasteiger partial charge in [0.15, 0.2) is 4.96 Å². The molecule has 3 atom stereocenters. The number of hydrogen-bond donors (Lipinski definition) is 1. The fourth-order valence-corrected chi connectivity index (χ4v) is 4.72. The quantitative estimate of drug-likeness (QED) is 0.871. The van der Waals surface area contributed by atoms with Crippen molar-refractivity contribution < 1.29 is 14.6 Å². The third kappa shape index (κ3) is 2.21. The van der Waals surface area contributed by atoms with E-state index in [4.69, 9.17) is 4.74 Å². The number of likely N-dealkylation sites (tertiary alicyclic amines) is 1. The lowest BCUT2D eigenvalue weighted by atomic mass is 9.79. The van der Waals surface area contributed by atoms with Gasteiger partial charge >= 0.3 is 0 Å². The second-order valence-electron chi connectivity index (χ2n) is 6.49. The molecule has 8 heteroatoms. The van der Waals surface area contributed by atoms with Gasteiger partial charge in [-0.05, 0) is 25.7 Å². The molecule has 1 N–H and O–H groups in total. The lowest BCUT2D eigenvalue weighted by molar-refractivity contribution is -0.0824. The monoisotopic (exact) mass is 349 g/mol. The van der Waals surface area contributed by atoms with E-state index in [0.717, 1.165) is 12.8 Å². The highest BCUT2D eigenvalue weighted by molar-refractivity contribution is 7.15. The van der Waals surface area contributed by atoms with Crippen LogP contribution in [0.15, 0.2) is 22.6 Å². The van der Waals surface area contributed by atoms with Gasteiger partial charge < -0.3 is 14.7 Å². The number of carbonyl (C=O) groups is 1. The maximum absolute atomic E-state index is 13.0. The summed E-state index contributed by atoms with van der Waals surface area (Å²) in [6, 6.07) is -0.207. The van der Waals surface area contributed by atoms with Crippen molar-refractivity contribution in [2.75, 3.05) is 13.7 Å². The summed E-state index contributed by atoms with van der Waals surface area (Å²) in [7, 11) is 1.66. The number of thiazole rings is 1. The van der Waals surface area contributed by atoms with Crippen LogP contribution in [0.3, 0.4) is 0 Å². The molecule has 2 aromatic heterocycles. The number of carbonyl (C=O) groups excluding carboxylic acids is 1. The Hall–Kier alpha value is -1.77. The van der Waals surface area contributed by atoms with Crippen molar-refractivity contribution in [3.8, 4) is 0 Å². The van der Waals surface area contributed by atoms with E-state index in [9.17, 15) is 14.7 Å². The van der Waals surface area contributed by atoms with Crippen molar-refractivity contribution in [2.24, 2.45) is 0 Å². The summed E-state index contributed by atoms with van der Waals surface area (Å²) in [6.07, 6.45) is 5.15. The second kappa shape index (κ2) is 5.65. The van der Waals surface area contributed by atoms with Crippen molar-refractivity contribution in [2.45, 2.75) is 43.4 Å². The van der Waals surface area contributed by atoms with Crippen LogP contribution in [0.2, 0.25) is 0 Å². The van der Waals surface area contributed by atoms with Gasteiger partial charge in [0.25, 0.3) is 11.5 Å². The van der Waals surface area contributed by atoms with E-state index < -0.39 is 11.7 Å². The van der Waals surface area contributed by atoms with Crippen molar-refractivity contribution in [3.63, 3.8) is 0 Å². The number of rotatable bonds is 2. The SMILES string of the molecule is CO[C@@]12CC[C@H](O)C[C@@H]1N(C(=O)c1cnc3sccn3c1=O)CC2. The van der Waals surface area contributed by atoms with Crippen LogP contribution in [0.25, 0.3) is 4.96 Å². The molecule has 1 aliphatic carbocycles. The first-order chi connectivity index (χ1) is 11.6.